The zero-order valence-electron chi connectivity index (χ0n) is 17.6. The van der Waals surface area contributed by atoms with E-state index >= 15 is 0 Å². The highest BCUT2D eigenvalue weighted by Gasteiger charge is 2.30. The fourth-order valence-electron chi connectivity index (χ4n) is 3.17. The lowest BCUT2D eigenvalue weighted by atomic mass is 10.1. The van der Waals surface area contributed by atoms with Crippen molar-refractivity contribution in [1.82, 2.24) is 25.3 Å². The Hall–Kier alpha value is -2.39. The van der Waals surface area contributed by atoms with Crippen molar-refractivity contribution >= 4 is 41.3 Å². The van der Waals surface area contributed by atoms with Gasteiger partial charge in [0.15, 0.2) is 0 Å². The minimum absolute atomic E-state index is 0.143. The Kier molecular flexibility index (Phi) is 9.82. The molecule has 1 heterocycles. The number of hydrogen-bond donors (Lipinski definition) is 3. The molecule has 0 aliphatic heterocycles. The molecular formula is C21H31N5O3S. The predicted molar refractivity (Wildman–Crippen MR) is 121 cm³/mol. The number of unbranched alkanes of at least 4 members (excludes halogenated alkanes) is 2. The monoisotopic (exact) mass is 433 g/mol. The first-order valence-corrected chi connectivity index (χ1v) is 10.9. The average molecular weight is 434 g/mol. The van der Waals surface area contributed by atoms with Gasteiger partial charge < -0.3 is 15.5 Å². The van der Waals surface area contributed by atoms with Crippen LogP contribution in [0.25, 0.3) is 10.9 Å². The Morgan fingerprint density at radius 2 is 1.93 bits per heavy atom. The van der Waals surface area contributed by atoms with Crippen LogP contribution in [-0.4, -0.2) is 71.4 Å². The third kappa shape index (κ3) is 6.56. The van der Waals surface area contributed by atoms with Gasteiger partial charge in [0, 0.05) is 31.9 Å². The number of benzene rings is 1. The standard InChI is InChI=1S/C21H31N5O3S/c1-22-11-12-23-21(29)18(25(2)19(27)10-4-3-7-13-30)14-20(28)26-17-9-6-5-8-16(17)15-24-26/h5-6,8-9,15,18,22,30H,3-4,7,10-14H2,1-2H3,(H,23,29)/t18-/m0/s1. The van der Waals surface area contributed by atoms with Crippen molar-refractivity contribution in [3.8, 4) is 0 Å². The van der Waals surface area contributed by atoms with Crippen LogP contribution < -0.4 is 10.6 Å². The molecule has 2 rings (SSSR count). The molecule has 2 amide bonds. The maximum atomic E-state index is 13.0. The second-order valence-corrected chi connectivity index (χ2v) is 7.61. The second kappa shape index (κ2) is 12.3. The zero-order valence-corrected chi connectivity index (χ0v) is 18.5. The van der Waals surface area contributed by atoms with Crippen molar-refractivity contribution in [1.29, 1.82) is 0 Å². The molecule has 2 aromatic rings. The van der Waals surface area contributed by atoms with Crippen LogP contribution in [0.15, 0.2) is 30.5 Å². The van der Waals surface area contributed by atoms with Crippen LogP contribution in [0.5, 0.6) is 0 Å². The van der Waals surface area contributed by atoms with Crippen LogP contribution in [0.2, 0.25) is 0 Å². The molecule has 1 atom stereocenters. The van der Waals surface area contributed by atoms with Crippen LogP contribution in [0.4, 0.5) is 0 Å². The second-order valence-electron chi connectivity index (χ2n) is 7.16. The molecular weight excluding hydrogens is 402 g/mol. The van der Waals surface area contributed by atoms with Gasteiger partial charge in [0.05, 0.1) is 18.1 Å². The highest BCUT2D eigenvalue weighted by atomic mass is 32.1. The van der Waals surface area contributed by atoms with Gasteiger partial charge in [0.25, 0.3) is 0 Å². The summed E-state index contributed by atoms with van der Waals surface area (Å²) in [5.41, 5.74) is 0.678. The number of carbonyl (C=O) groups excluding carboxylic acids is 3. The number of nitrogens with zero attached hydrogens (tertiary/aromatic N) is 3. The third-order valence-corrected chi connectivity index (χ3v) is 5.28. The molecule has 2 N–H and O–H groups in total. The van der Waals surface area contributed by atoms with E-state index in [1.54, 1.807) is 26.4 Å². The summed E-state index contributed by atoms with van der Waals surface area (Å²) in [4.78, 5) is 39.8. The molecule has 0 saturated carbocycles. The van der Waals surface area contributed by atoms with Crippen LogP contribution in [0.1, 0.15) is 36.9 Å². The summed E-state index contributed by atoms with van der Waals surface area (Å²) in [6, 6.07) is 6.48. The Balaban J connectivity index is 2.12. The minimum Gasteiger partial charge on any atom is -0.353 e. The quantitative estimate of drug-likeness (QED) is 0.350. The van der Waals surface area contributed by atoms with Gasteiger partial charge in [0.1, 0.15) is 6.04 Å². The summed E-state index contributed by atoms with van der Waals surface area (Å²) in [7, 11) is 3.37. The molecule has 9 heteroatoms. The number of hydrogen-bond acceptors (Lipinski definition) is 6. The van der Waals surface area contributed by atoms with Gasteiger partial charge in [-0.15, -0.1) is 0 Å². The number of carbonyl (C=O) groups is 3. The Labute approximate surface area is 182 Å². The van der Waals surface area contributed by atoms with Crippen LogP contribution in [-0.2, 0) is 9.59 Å². The van der Waals surface area contributed by atoms with Crippen molar-refractivity contribution in [3.63, 3.8) is 0 Å². The molecule has 0 bridgehead atoms. The molecule has 0 radical (unpaired) electrons. The minimum atomic E-state index is -0.894. The van der Waals surface area contributed by atoms with Gasteiger partial charge in [-0.2, -0.15) is 17.7 Å². The van der Waals surface area contributed by atoms with Crippen molar-refractivity contribution in [2.75, 3.05) is 32.9 Å². The van der Waals surface area contributed by atoms with E-state index in [4.69, 9.17) is 0 Å². The van der Waals surface area contributed by atoms with E-state index in [-0.39, 0.29) is 24.1 Å². The summed E-state index contributed by atoms with van der Waals surface area (Å²) in [5, 5.41) is 10.8. The lowest BCUT2D eigenvalue weighted by molar-refractivity contribution is -0.139. The molecule has 30 heavy (non-hydrogen) atoms. The van der Waals surface area contributed by atoms with E-state index < -0.39 is 6.04 Å². The number of rotatable bonds is 12. The third-order valence-electron chi connectivity index (χ3n) is 4.97. The molecule has 1 aromatic carbocycles. The van der Waals surface area contributed by atoms with E-state index in [1.165, 1.54) is 9.58 Å². The number of nitrogens with one attached hydrogen (secondary N) is 2. The van der Waals surface area contributed by atoms with E-state index in [0.717, 1.165) is 30.4 Å². The number of fused-ring (bicyclic) bond motifs is 1. The van der Waals surface area contributed by atoms with E-state index in [0.29, 0.717) is 25.0 Å². The van der Waals surface area contributed by atoms with Crippen molar-refractivity contribution in [2.45, 2.75) is 38.1 Å². The maximum Gasteiger partial charge on any atom is 0.250 e. The first kappa shape index (κ1) is 23.9. The van der Waals surface area contributed by atoms with Crippen LogP contribution >= 0.6 is 12.6 Å². The summed E-state index contributed by atoms with van der Waals surface area (Å²) < 4.78 is 1.30. The topological polar surface area (TPSA) is 96.3 Å². The molecule has 164 valence electrons. The smallest absolute Gasteiger partial charge is 0.250 e. The van der Waals surface area contributed by atoms with Gasteiger partial charge in [-0.05, 0) is 31.7 Å². The molecule has 1 aromatic heterocycles. The van der Waals surface area contributed by atoms with Gasteiger partial charge in [-0.3, -0.25) is 14.4 Å². The van der Waals surface area contributed by atoms with Crippen LogP contribution in [0, 0.1) is 0 Å². The molecule has 0 fully saturated rings. The fourth-order valence-corrected chi connectivity index (χ4v) is 3.39. The van der Waals surface area contributed by atoms with Gasteiger partial charge in [-0.1, -0.05) is 24.6 Å². The Morgan fingerprint density at radius 3 is 2.67 bits per heavy atom. The molecule has 0 unspecified atom stereocenters. The van der Waals surface area contributed by atoms with E-state index in [2.05, 4.69) is 28.4 Å². The summed E-state index contributed by atoms with van der Waals surface area (Å²) >= 11 is 4.18. The van der Waals surface area contributed by atoms with Gasteiger partial charge >= 0.3 is 0 Å². The van der Waals surface area contributed by atoms with Crippen molar-refractivity contribution < 1.29 is 14.4 Å². The number of aromatic nitrogens is 2. The first-order chi connectivity index (χ1) is 14.5. The number of para-hydroxylation sites is 1. The summed E-state index contributed by atoms with van der Waals surface area (Å²) in [5.74, 6) is -0.0469. The van der Waals surface area contributed by atoms with Gasteiger partial charge in [-0.25, -0.2) is 4.68 Å². The number of likely N-dealkylation sites (N-methyl/N-ethyl adjacent to an activating group) is 2. The van der Waals surface area contributed by atoms with Crippen LogP contribution in [0.3, 0.4) is 0 Å². The normalized spacial score (nSPS) is 12.0. The molecule has 0 spiro atoms. The number of thiol groups is 1. The fraction of sp³-hybridized carbons (Fsp3) is 0.524. The lowest BCUT2D eigenvalue weighted by Crippen LogP contribution is -2.50. The summed E-state index contributed by atoms with van der Waals surface area (Å²) in [6.07, 6.45) is 4.39. The maximum absolute atomic E-state index is 13.0. The van der Waals surface area contributed by atoms with Crippen molar-refractivity contribution in [3.05, 3.63) is 30.5 Å². The summed E-state index contributed by atoms with van der Waals surface area (Å²) in [6.45, 7) is 1.01. The van der Waals surface area contributed by atoms with E-state index in [9.17, 15) is 14.4 Å². The average Bonchev–Trinajstić information content (AvgIpc) is 3.18. The van der Waals surface area contributed by atoms with Crippen molar-refractivity contribution in [2.24, 2.45) is 0 Å². The van der Waals surface area contributed by atoms with E-state index in [1.807, 2.05) is 18.2 Å². The molecule has 8 nitrogen and oxygen atoms in total. The number of amides is 2. The Bertz CT molecular complexity index is 854. The predicted octanol–water partition coefficient (Wildman–Crippen LogP) is 1.72. The molecule has 0 aliphatic carbocycles. The highest BCUT2D eigenvalue weighted by molar-refractivity contribution is 7.80. The molecule has 0 aliphatic rings. The van der Waals surface area contributed by atoms with Gasteiger partial charge in [0.2, 0.25) is 17.7 Å². The largest absolute Gasteiger partial charge is 0.353 e. The molecule has 0 saturated heterocycles. The highest BCUT2D eigenvalue weighted by Crippen LogP contribution is 2.15. The first-order valence-electron chi connectivity index (χ1n) is 10.2. The zero-order chi connectivity index (χ0) is 21.9. The SMILES string of the molecule is CNCCNC(=O)[C@H](CC(=O)n1ncc2ccccc21)N(C)C(=O)CCCCCS. The lowest BCUT2D eigenvalue weighted by Gasteiger charge is -2.27. The Morgan fingerprint density at radius 1 is 1.17 bits per heavy atom.